The van der Waals surface area contributed by atoms with Crippen LogP contribution in [0.1, 0.15) is 96.8 Å². The van der Waals surface area contributed by atoms with Crippen LogP contribution in [0, 0.1) is 50.2 Å². The van der Waals surface area contributed by atoms with Crippen molar-refractivity contribution in [1.82, 2.24) is 0 Å². The van der Waals surface area contributed by atoms with Crippen LogP contribution in [-0.4, -0.2) is 121 Å². The number of carbonyl (C=O) groups excluding carboxylic acids is 1. The largest absolute Gasteiger partial charge is 0.479 e. The summed E-state index contributed by atoms with van der Waals surface area (Å²) in [5.41, 5.74) is -2.61. The first-order valence-corrected chi connectivity index (χ1v) is 20.3. The fraction of sp³-hybridized carbons (Fsp3) is 0.767. The van der Waals surface area contributed by atoms with E-state index in [-0.39, 0.29) is 29.3 Å². The normalized spacial score (nSPS) is 49.6. The highest BCUT2D eigenvalue weighted by atomic mass is 16.7. The summed E-state index contributed by atoms with van der Waals surface area (Å²) in [7, 11) is 0. The van der Waals surface area contributed by atoms with E-state index in [4.69, 9.17) is 14.2 Å². The van der Waals surface area contributed by atoms with Gasteiger partial charge in [-0.05, 0) is 91.1 Å². The van der Waals surface area contributed by atoms with Gasteiger partial charge in [-0.3, -0.25) is 0 Å². The van der Waals surface area contributed by atoms with E-state index in [1.54, 1.807) is 30.3 Å². The van der Waals surface area contributed by atoms with Crippen molar-refractivity contribution in [2.45, 2.75) is 142 Å². The number of aliphatic hydroxyl groups is 7. The van der Waals surface area contributed by atoms with Crippen LogP contribution in [0.15, 0.2) is 42.0 Å². The zero-order valence-electron chi connectivity index (χ0n) is 33.4. The summed E-state index contributed by atoms with van der Waals surface area (Å²) in [6.07, 6.45) is -6.42. The predicted molar refractivity (Wildman–Crippen MR) is 201 cm³/mol. The van der Waals surface area contributed by atoms with Gasteiger partial charge in [0.05, 0.1) is 36.4 Å². The number of carbonyl (C=O) groups is 2. The van der Waals surface area contributed by atoms with E-state index < -0.39 is 101 Å². The van der Waals surface area contributed by atoms with Crippen LogP contribution in [0.4, 0.5) is 0 Å². The van der Waals surface area contributed by atoms with Crippen molar-refractivity contribution in [2.24, 2.45) is 50.2 Å². The molecule has 6 aliphatic rings. The first kappa shape index (κ1) is 41.7. The van der Waals surface area contributed by atoms with Crippen LogP contribution in [0.2, 0.25) is 0 Å². The minimum absolute atomic E-state index is 0.0672. The molecule has 0 spiro atoms. The Morgan fingerprint density at radius 3 is 2.14 bits per heavy atom. The number of aliphatic hydroxyl groups excluding tert-OH is 7. The molecule has 4 saturated carbocycles. The highest BCUT2D eigenvalue weighted by molar-refractivity contribution is 5.89. The van der Waals surface area contributed by atoms with Crippen molar-refractivity contribution in [2.75, 3.05) is 13.2 Å². The molecular formula is C43H62O13. The van der Waals surface area contributed by atoms with Gasteiger partial charge in [0.1, 0.15) is 30.5 Å². The van der Waals surface area contributed by atoms with Crippen LogP contribution in [0.3, 0.4) is 0 Å². The number of allylic oxidation sites excluding steroid dienone is 2. The van der Waals surface area contributed by atoms with Crippen molar-refractivity contribution in [1.29, 1.82) is 0 Å². The molecule has 5 aliphatic carbocycles. The first-order valence-electron chi connectivity index (χ1n) is 20.3. The predicted octanol–water partition coefficient (Wildman–Crippen LogP) is 2.81. The average Bonchev–Trinajstić information content (AvgIpc) is 3.15. The molecule has 0 aromatic heterocycles. The molecule has 8 N–H and O–H groups in total. The van der Waals surface area contributed by atoms with Crippen molar-refractivity contribution in [3.63, 3.8) is 0 Å². The van der Waals surface area contributed by atoms with Crippen LogP contribution in [0.25, 0.3) is 0 Å². The summed E-state index contributed by atoms with van der Waals surface area (Å²) in [5, 5.41) is 88.1. The van der Waals surface area contributed by atoms with Crippen LogP contribution < -0.4 is 0 Å². The van der Waals surface area contributed by atoms with Gasteiger partial charge >= 0.3 is 11.9 Å². The topological polar surface area (TPSA) is 224 Å². The highest BCUT2D eigenvalue weighted by Gasteiger charge is 2.73. The van der Waals surface area contributed by atoms with Gasteiger partial charge in [-0.15, -0.1) is 0 Å². The van der Waals surface area contributed by atoms with Crippen molar-refractivity contribution >= 4 is 11.9 Å². The standard InChI is InChI=1S/C43H62O13/c1-38(2)18-24-23-12-13-26-39(3)16-15-28(54-37-31(49)29(47)30(48)32(55-37)35(51)52)40(4,20-44)25(39)14-17-41(26,5)42(23,6)19-27(46)43(24,21-45)33(50)34(38)56-36(53)22-10-8-7-9-11-22/h7-12,24-34,37,44-50H,13-21H2,1-6H3,(H,51,52)/t24?,25-,26-,27+,28+,29+,30+,31-,32+,33+,34+,37-,39+,40+,41-,42-,43+/m1/s1. The molecule has 312 valence electrons. The van der Waals surface area contributed by atoms with E-state index in [2.05, 4.69) is 26.8 Å². The molecule has 1 aliphatic heterocycles. The lowest BCUT2D eigenvalue weighted by Crippen LogP contribution is -2.72. The number of rotatable bonds is 7. The lowest BCUT2D eigenvalue weighted by molar-refractivity contribution is -0.328. The summed E-state index contributed by atoms with van der Waals surface area (Å²) in [4.78, 5) is 25.1. The Balaban J connectivity index is 1.19. The van der Waals surface area contributed by atoms with E-state index in [9.17, 15) is 50.4 Å². The maximum Gasteiger partial charge on any atom is 0.338 e. The van der Waals surface area contributed by atoms with Crippen LogP contribution >= 0.6 is 0 Å². The molecule has 1 saturated heterocycles. The quantitative estimate of drug-likeness (QED) is 0.113. The van der Waals surface area contributed by atoms with E-state index in [0.717, 1.165) is 12.0 Å². The zero-order valence-corrected chi connectivity index (χ0v) is 33.4. The molecule has 0 bridgehead atoms. The van der Waals surface area contributed by atoms with Gasteiger partial charge < -0.3 is 55.1 Å². The molecule has 1 heterocycles. The van der Waals surface area contributed by atoms with Gasteiger partial charge in [-0.25, -0.2) is 9.59 Å². The number of aliphatic carboxylic acids is 1. The minimum Gasteiger partial charge on any atom is -0.479 e. The number of fused-ring (bicyclic) bond motifs is 7. The third-order valence-corrected chi connectivity index (χ3v) is 16.8. The van der Waals surface area contributed by atoms with E-state index >= 15 is 0 Å². The Hall–Kier alpha value is -2.46. The molecule has 0 radical (unpaired) electrons. The number of hydrogen-bond acceptors (Lipinski definition) is 12. The number of hydrogen-bond donors (Lipinski definition) is 8. The zero-order chi connectivity index (χ0) is 41.0. The number of esters is 1. The van der Waals surface area contributed by atoms with Gasteiger partial charge in [0.25, 0.3) is 0 Å². The third kappa shape index (κ3) is 5.73. The summed E-state index contributed by atoms with van der Waals surface area (Å²) in [5.74, 6) is -2.42. The lowest BCUT2D eigenvalue weighted by atomic mass is 9.33. The summed E-state index contributed by atoms with van der Waals surface area (Å²) in [6.45, 7) is 12.0. The number of benzene rings is 1. The van der Waals surface area contributed by atoms with E-state index in [1.165, 1.54) is 0 Å². The van der Waals surface area contributed by atoms with Gasteiger partial charge in [-0.2, -0.15) is 0 Å². The molecule has 56 heavy (non-hydrogen) atoms. The molecule has 17 atom stereocenters. The first-order chi connectivity index (χ1) is 26.2. The highest BCUT2D eigenvalue weighted by Crippen LogP contribution is 2.76. The SMILES string of the molecule is CC1(C)CC2C3=CC[C@@H]4[C@@]5(C)CC[C@H](O[C@@H]6O[C@H](C(=O)O)[C@@H](O)[C@H](O)[C@H]6O)[C@@](C)(CO)[C@@H]5CC[C@@]4(C)[C@]3(C)C[C@H](O)[C@@]2(CO)[C@@H](O)[C@@H]1OC(=O)c1ccccc1. The second-order valence-electron chi connectivity index (χ2n) is 19.7. The maximum absolute atomic E-state index is 13.3. The lowest BCUT2D eigenvalue weighted by Gasteiger charge is -2.72. The van der Waals surface area contributed by atoms with Crippen molar-refractivity contribution in [3.05, 3.63) is 47.5 Å². The van der Waals surface area contributed by atoms with Gasteiger partial charge in [0, 0.05) is 10.8 Å². The van der Waals surface area contributed by atoms with E-state index in [0.29, 0.717) is 44.1 Å². The minimum atomic E-state index is -1.84. The second kappa shape index (κ2) is 14.1. The number of ether oxygens (including phenoxy) is 3. The van der Waals surface area contributed by atoms with Crippen LogP contribution in [-0.2, 0) is 19.0 Å². The Bertz CT molecular complexity index is 1700. The Morgan fingerprint density at radius 2 is 1.52 bits per heavy atom. The van der Waals surface area contributed by atoms with Gasteiger partial charge in [0.15, 0.2) is 12.4 Å². The summed E-state index contributed by atoms with van der Waals surface area (Å²) < 4.78 is 17.9. The Morgan fingerprint density at radius 1 is 0.839 bits per heavy atom. The molecule has 13 heteroatoms. The molecule has 5 fully saturated rings. The molecule has 1 aromatic carbocycles. The third-order valence-electron chi connectivity index (χ3n) is 16.8. The average molecular weight is 787 g/mol. The Labute approximate surface area is 328 Å². The van der Waals surface area contributed by atoms with Crippen molar-refractivity contribution < 1.29 is 64.7 Å². The monoisotopic (exact) mass is 786 g/mol. The molecule has 13 nitrogen and oxygen atoms in total. The number of carboxylic acids is 1. The maximum atomic E-state index is 13.3. The van der Waals surface area contributed by atoms with Crippen molar-refractivity contribution in [3.8, 4) is 0 Å². The van der Waals surface area contributed by atoms with Gasteiger partial charge in [-0.1, -0.05) is 71.4 Å². The second-order valence-corrected chi connectivity index (χ2v) is 19.7. The van der Waals surface area contributed by atoms with Crippen LogP contribution in [0.5, 0.6) is 0 Å². The number of carboxylic acid groups (broad SMARTS) is 1. The molecule has 0 amide bonds. The molecule has 7 rings (SSSR count). The van der Waals surface area contributed by atoms with E-state index in [1.807, 2.05) is 20.8 Å². The molecule has 1 aromatic rings. The summed E-state index contributed by atoms with van der Waals surface area (Å²) in [6, 6.07) is 8.59. The summed E-state index contributed by atoms with van der Waals surface area (Å²) >= 11 is 0. The Kier molecular flexibility index (Phi) is 10.5. The molecule has 1 unspecified atom stereocenters. The fourth-order valence-corrected chi connectivity index (χ4v) is 13.4. The van der Waals surface area contributed by atoms with Gasteiger partial charge in [0.2, 0.25) is 0 Å². The molecular weight excluding hydrogens is 724 g/mol. The smallest absolute Gasteiger partial charge is 0.338 e. The fourth-order valence-electron chi connectivity index (χ4n) is 13.4.